The monoisotopic (exact) mass is 482 g/mol. The molecule has 0 bridgehead atoms. The Morgan fingerprint density at radius 1 is 1.52 bits per heavy atom. The number of rotatable bonds is 1. The van der Waals surface area contributed by atoms with Gasteiger partial charge in [0.25, 0.3) is 0 Å². The maximum Gasteiger partial charge on any atom is 0.411 e. The number of aliphatic imine (C=N–C) groups is 1. The van der Waals surface area contributed by atoms with E-state index >= 15 is 0 Å². The van der Waals surface area contributed by atoms with Crippen LogP contribution in [0.5, 0.6) is 0 Å². The summed E-state index contributed by atoms with van der Waals surface area (Å²) in [5, 5.41) is 11.4. The zero-order valence-corrected chi connectivity index (χ0v) is 16.7. The lowest BCUT2D eigenvalue weighted by molar-refractivity contribution is 0.199. The number of benzene rings is 1. The normalized spacial score (nSPS) is 26.8. The molecule has 1 amide bonds. The van der Waals surface area contributed by atoms with Crippen LogP contribution in [0, 0.1) is 9.39 Å². The maximum absolute atomic E-state index is 14.5. The van der Waals surface area contributed by atoms with Gasteiger partial charge < -0.3 is 5.11 Å². The average molecular weight is 482 g/mol. The van der Waals surface area contributed by atoms with Gasteiger partial charge in [-0.2, -0.15) is 0 Å². The van der Waals surface area contributed by atoms with E-state index in [9.17, 15) is 13.4 Å². The van der Waals surface area contributed by atoms with Gasteiger partial charge in [0.15, 0.2) is 0 Å². The van der Waals surface area contributed by atoms with Gasteiger partial charge in [0, 0.05) is 32.5 Å². The molecule has 1 aromatic carbocycles. The number of fused-ring (bicyclic) bond motifs is 1. The highest BCUT2D eigenvalue weighted by Gasteiger charge is 2.44. The van der Waals surface area contributed by atoms with Gasteiger partial charge in [0.05, 0.1) is 5.75 Å². The van der Waals surface area contributed by atoms with E-state index < -0.39 is 27.8 Å². The number of halogens is 2. The molecule has 10 heteroatoms. The van der Waals surface area contributed by atoms with Crippen LogP contribution in [0.25, 0.3) is 0 Å². The van der Waals surface area contributed by atoms with Crippen molar-refractivity contribution >= 4 is 44.9 Å². The van der Waals surface area contributed by atoms with Gasteiger partial charge in [-0.25, -0.2) is 18.9 Å². The first kappa shape index (κ1) is 18.5. The first-order valence-corrected chi connectivity index (χ1v) is 10.8. The van der Waals surface area contributed by atoms with E-state index in [1.807, 2.05) is 0 Å². The van der Waals surface area contributed by atoms with Gasteiger partial charge in [0.2, 0.25) is 5.96 Å². The van der Waals surface area contributed by atoms with E-state index in [4.69, 9.17) is 5.11 Å². The van der Waals surface area contributed by atoms with Gasteiger partial charge in [-0.3, -0.25) is 13.8 Å². The molecule has 0 radical (unpaired) electrons. The van der Waals surface area contributed by atoms with E-state index in [2.05, 4.69) is 37.6 Å². The average Bonchev–Trinajstić information content (AvgIpc) is 2.70. The Kier molecular flexibility index (Phi) is 5.04. The summed E-state index contributed by atoms with van der Waals surface area (Å²) in [6.45, 7) is 2.70. The number of guanidine groups is 1. The van der Waals surface area contributed by atoms with Crippen LogP contribution < -0.4 is 10.0 Å². The van der Waals surface area contributed by atoms with Crippen LogP contribution in [0.2, 0.25) is 0 Å². The Morgan fingerprint density at radius 3 is 3.00 bits per heavy atom. The minimum absolute atomic E-state index is 0.0113. The molecular weight excluding hydrogens is 462 g/mol. The van der Waals surface area contributed by atoms with E-state index in [1.165, 1.54) is 10.4 Å². The quantitative estimate of drug-likeness (QED) is 0.364. The summed E-state index contributed by atoms with van der Waals surface area (Å²) in [6.07, 6.45) is 0.308. The molecule has 2 heterocycles. The predicted octanol–water partition coefficient (Wildman–Crippen LogP) is 1.81. The predicted molar refractivity (Wildman–Crippen MR) is 103 cm³/mol. The topological polar surface area (TPSA) is 94.0 Å². The van der Waals surface area contributed by atoms with E-state index in [-0.39, 0.29) is 11.7 Å². The van der Waals surface area contributed by atoms with Crippen LogP contribution >= 0.6 is 22.6 Å². The standard InChI is InChI=1S/C15H20FIN4O3S/c1-15(11-8-10(17)4-5-12(11)16)9-25(24)18-6-2-3-7-21(25)13(20-15)19-14(22)23/h4-5,8,25H,2-3,6-7,9H2,1H3,(H,18,24)(H,19,20)(H,22,23)/t15-/m0/s1. The minimum Gasteiger partial charge on any atom is -0.465 e. The fourth-order valence-corrected chi connectivity index (χ4v) is 6.67. The number of thiol groups is 1. The molecule has 2 aliphatic heterocycles. The number of carboxylic acid groups (broad SMARTS) is 1. The second-order valence-electron chi connectivity index (χ2n) is 6.36. The number of nitrogens with one attached hydrogen (secondary N) is 2. The Hall–Kier alpha value is -1.27. The van der Waals surface area contributed by atoms with Gasteiger partial charge in [-0.1, -0.05) is 0 Å². The first-order chi connectivity index (χ1) is 11.7. The lowest BCUT2D eigenvalue weighted by atomic mass is 9.94. The minimum atomic E-state index is -3.14. The van der Waals surface area contributed by atoms with E-state index in [0.717, 1.165) is 16.4 Å². The third kappa shape index (κ3) is 3.65. The van der Waals surface area contributed by atoms with Crippen LogP contribution in [0.1, 0.15) is 25.3 Å². The zero-order chi connectivity index (χ0) is 18.2. The van der Waals surface area contributed by atoms with Crippen molar-refractivity contribution in [1.82, 2.24) is 14.3 Å². The molecule has 2 aliphatic rings. The molecule has 1 aromatic rings. The van der Waals surface area contributed by atoms with Crippen LogP contribution in [0.4, 0.5) is 9.18 Å². The number of hydrogen-bond acceptors (Lipinski definition) is 3. The first-order valence-electron chi connectivity index (χ1n) is 7.91. The Labute approximate surface area is 159 Å². The van der Waals surface area contributed by atoms with Gasteiger partial charge >= 0.3 is 6.09 Å². The fraction of sp³-hybridized carbons (Fsp3) is 0.467. The molecule has 3 N–H and O–H groups in total. The summed E-state index contributed by atoms with van der Waals surface area (Å²) in [6, 6.07) is 4.66. The summed E-state index contributed by atoms with van der Waals surface area (Å²) in [7, 11) is -3.14. The third-order valence-electron chi connectivity index (χ3n) is 4.39. The molecule has 0 spiro atoms. The third-order valence-corrected chi connectivity index (χ3v) is 7.99. The van der Waals surface area contributed by atoms with Crippen LogP contribution in [-0.4, -0.2) is 44.5 Å². The van der Waals surface area contributed by atoms with Crippen LogP contribution in [0.15, 0.2) is 23.2 Å². The van der Waals surface area contributed by atoms with Crippen molar-refractivity contribution in [3.8, 4) is 0 Å². The largest absolute Gasteiger partial charge is 0.465 e. The summed E-state index contributed by atoms with van der Waals surface area (Å²) in [4.78, 5) is 15.7. The van der Waals surface area contributed by atoms with Crippen LogP contribution in [-0.2, 0) is 15.8 Å². The number of nitrogens with zero attached hydrogens (tertiary/aromatic N) is 2. The van der Waals surface area contributed by atoms with Crippen molar-refractivity contribution in [2.45, 2.75) is 25.3 Å². The molecule has 25 heavy (non-hydrogen) atoms. The molecule has 1 fully saturated rings. The lowest BCUT2D eigenvalue weighted by Gasteiger charge is -2.46. The van der Waals surface area contributed by atoms with Crippen molar-refractivity contribution in [3.63, 3.8) is 0 Å². The molecule has 7 nitrogen and oxygen atoms in total. The fourth-order valence-electron chi connectivity index (χ4n) is 3.28. The lowest BCUT2D eigenvalue weighted by Crippen LogP contribution is -2.61. The molecular formula is C15H20FIN4O3S. The van der Waals surface area contributed by atoms with Crippen LogP contribution in [0.3, 0.4) is 0 Å². The molecule has 1 atom stereocenters. The summed E-state index contributed by atoms with van der Waals surface area (Å²) >= 11 is 2.08. The summed E-state index contributed by atoms with van der Waals surface area (Å²) in [5.74, 6) is -0.338. The Bertz CT molecular complexity index is 790. The molecule has 0 saturated carbocycles. The molecule has 138 valence electrons. The molecule has 0 aromatic heterocycles. The summed E-state index contributed by atoms with van der Waals surface area (Å²) < 4.78 is 33.5. The van der Waals surface area contributed by atoms with Crippen molar-refractivity contribution < 1.29 is 18.5 Å². The van der Waals surface area contributed by atoms with Crippen molar-refractivity contribution in [1.29, 1.82) is 0 Å². The van der Waals surface area contributed by atoms with Gasteiger partial charge in [-0.15, -0.1) is 0 Å². The highest BCUT2D eigenvalue weighted by Crippen LogP contribution is 2.37. The number of hydrogen-bond donors (Lipinski definition) is 4. The SMILES string of the molecule is C[C@@]1(c2cc(I)ccc2F)C[SH]2(=O)NCCCCN2C(NC(=O)O)=N1. The molecule has 0 unspecified atom stereocenters. The van der Waals surface area contributed by atoms with Crippen molar-refractivity contribution in [2.24, 2.45) is 4.99 Å². The second kappa shape index (κ2) is 6.80. The van der Waals surface area contributed by atoms with Crippen molar-refractivity contribution in [2.75, 3.05) is 18.8 Å². The maximum atomic E-state index is 14.5. The summed E-state index contributed by atoms with van der Waals surface area (Å²) in [5.41, 5.74) is -0.822. The highest BCUT2D eigenvalue weighted by atomic mass is 127. The van der Waals surface area contributed by atoms with Crippen molar-refractivity contribution in [3.05, 3.63) is 33.1 Å². The Morgan fingerprint density at radius 2 is 2.28 bits per heavy atom. The smallest absolute Gasteiger partial charge is 0.411 e. The number of amides is 1. The second-order valence-corrected chi connectivity index (χ2v) is 10.1. The van der Waals surface area contributed by atoms with E-state index in [0.29, 0.717) is 18.7 Å². The van der Waals surface area contributed by atoms with Gasteiger partial charge in [0.1, 0.15) is 11.4 Å². The van der Waals surface area contributed by atoms with Gasteiger partial charge in [-0.05, 0) is 60.6 Å². The Balaban J connectivity index is 2.14. The van der Waals surface area contributed by atoms with E-state index in [1.54, 1.807) is 19.1 Å². The number of carbonyl (C=O) groups is 1. The highest BCUT2D eigenvalue weighted by molar-refractivity contribution is 14.1. The molecule has 0 aliphatic carbocycles. The molecule has 1 saturated heterocycles. The molecule has 3 rings (SSSR count). The zero-order valence-electron chi connectivity index (χ0n) is 13.6.